The summed E-state index contributed by atoms with van der Waals surface area (Å²) in [5, 5.41) is 6.72. The van der Waals surface area contributed by atoms with Crippen molar-refractivity contribution in [2.75, 3.05) is 19.8 Å². The highest BCUT2D eigenvalue weighted by atomic mass is 16.5. The Kier molecular flexibility index (Phi) is 6.11. The van der Waals surface area contributed by atoms with Gasteiger partial charge in [-0.25, -0.2) is 4.98 Å². The molecule has 1 aliphatic heterocycles. The highest BCUT2D eigenvalue weighted by Crippen LogP contribution is 2.18. The SMILES string of the molecule is O=C(NCc1nc(-c2ccccc2)no1)c1ccnc(OCC2CCOCC2)c1. The van der Waals surface area contributed by atoms with Crippen molar-refractivity contribution in [1.29, 1.82) is 0 Å². The Labute approximate surface area is 168 Å². The average Bonchev–Trinajstić information content (AvgIpc) is 3.27. The zero-order valence-corrected chi connectivity index (χ0v) is 15.9. The molecule has 0 radical (unpaired) electrons. The Morgan fingerprint density at radius 3 is 2.83 bits per heavy atom. The molecule has 0 aliphatic carbocycles. The first-order chi connectivity index (χ1) is 14.3. The second-order valence-electron chi connectivity index (χ2n) is 6.81. The van der Waals surface area contributed by atoms with Crippen molar-refractivity contribution in [1.82, 2.24) is 20.4 Å². The van der Waals surface area contributed by atoms with Crippen LogP contribution >= 0.6 is 0 Å². The summed E-state index contributed by atoms with van der Waals surface area (Å²) in [4.78, 5) is 20.9. The van der Waals surface area contributed by atoms with Crippen LogP contribution in [0.2, 0.25) is 0 Å². The molecule has 1 fully saturated rings. The van der Waals surface area contributed by atoms with Gasteiger partial charge in [0.2, 0.25) is 17.6 Å². The number of nitrogens with one attached hydrogen (secondary N) is 1. The summed E-state index contributed by atoms with van der Waals surface area (Å²) in [6.07, 6.45) is 3.53. The molecule has 1 amide bonds. The molecular formula is C21H22N4O4. The minimum absolute atomic E-state index is 0.138. The molecule has 29 heavy (non-hydrogen) atoms. The summed E-state index contributed by atoms with van der Waals surface area (Å²) in [6.45, 7) is 2.25. The first-order valence-corrected chi connectivity index (χ1v) is 9.61. The van der Waals surface area contributed by atoms with Crippen molar-refractivity contribution in [3.05, 3.63) is 60.1 Å². The van der Waals surface area contributed by atoms with E-state index in [0.717, 1.165) is 31.6 Å². The second-order valence-corrected chi connectivity index (χ2v) is 6.81. The van der Waals surface area contributed by atoms with Crippen LogP contribution < -0.4 is 10.1 Å². The summed E-state index contributed by atoms with van der Waals surface area (Å²) in [6, 6.07) is 12.8. The Morgan fingerprint density at radius 2 is 2.00 bits per heavy atom. The minimum Gasteiger partial charge on any atom is -0.477 e. The molecule has 0 saturated carbocycles. The van der Waals surface area contributed by atoms with Crippen LogP contribution in [0, 0.1) is 5.92 Å². The third-order valence-corrected chi connectivity index (χ3v) is 4.71. The maximum absolute atomic E-state index is 12.5. The number of aromatic nitrogens is 3. The fraction of sp³-hybridized carbons (Fsp3) is 0.333. The van der Waals surface area contributed by atoms with Crippen LogP contribution in [0.1, 0.15) is 29.1 Å². The van der Waals surface area contributed by atoms with Crippen LogP contribution in [0.5, 0.6) is 5.88 Å². The zero-order valence-electron chi connectivity index (χ0n) is 15.9. The Hall–Kier alpha value is -3.26. The zero-order chi connectivity index (χ0) is 19.9. The normalized spacial score (nSPS) is 14.5. The second kappa shape index (κ2) is 9.29. The predicted octanol–water partition coefficient (Wildman–Crippen LogP) is 2.87. The van der Waals surface area contributed by atoms with E-state index in [0.29, 0.717) is 35.7 Å². The summed E-state index contributed by atoms with van der Waals surface area (Å²) in [7, 11) is 0. The largest absolute Gasteiger partial charge is 0.477 e. The molecule has 0 bridgehead atoms. The quantitative estimate of drug-likeness (QED) is 0.658. The number of ether oxygens (including phenoxy) is 2. The number of hydrogen-bond donors (Lipinski definition) is 1. The van der Waals surface area contributed by atoms with Gasteiger partial charge in [-0.1, -0.05) is 35.5 Å². The summed E-state index contributed by atoms with van der Waals surface area (Å²) in [5.74, 6) is 1.46. The molecule has 0 atom stereocenters. The number of benzene rings is 1. The third kappa shape index (κ3) is 5.17. The van der Waals surface area contributed by atoms with E-state index in [2.05, 4.69) is 20.4 Å². The van der Waals surface area contributed by atoms with Crippen molar-refractivity contribution in [2.24, 2.45) is 5.92 Å². The van der Waals surface area contributed by atoms with Gasteiger partial charge in [-0.2, -0.15) is 4.98 Å². The smallest absolute Gasteiger partial charge is 0.251 e. The fourth-order valence-corrected chi connectivity index (χ4v) is 3.04. The Bertz CT molecular complexity index is 939. The molecule has 2 aromatic heterocycles. The van der Waals surface area contributed by atoms with Gasteiger partial charge in [0, 0.05) is 36.6 Å². The van der Waals surface area contributed by atoms with Crippen molar-refractivity contribution < 1.29 is 18.8 Å². The van der Waals surface area contributed by atoms with Gasteiger partial charge < -0.3 is 19.3 Å². The van der Waals surface area contributed by atoms with Gasteiger partial charge in [-0.15, -0.1) is 0 Å². The van der Waals surface area contributed by atoms with Gasteiger partial charge in [-0.05, 0) is 24.8 Å². The van der Waals surface area contributed by atoms with E-state index in [4.69, 9.17) is 14.0 Å². The monoisotopic (exact) mass is 394 g/mol. The summed E-state index contributed by atoms with van der Waals surface area (Å²) >= 11 is 0. The first-order valence-electron chi connectivity index (χ1n) is 9.61. The van der Waals surface area contributed by atoms with Crippen LogP contribution in [-0.2, 0) is 11.3 Å². The predicted molar refractivity (Wildman–Crippen MR) is 104 cm³/mol. The molecule has 0 unspecified atom stereocenters. The van der Waals surface area contributed by atoms with E-state index in [1.807, 2.05) is 30.3 Å². The number of pyridine rings is 1. The van der Waals surface area contributed by atoms with Crippen LogP contribution in [0.3, 0.4) is 0 Å². The lowest BCUT2D eigenvalue weighted by atomic mass is 10.0. The van der Waals surface area contributed by atoms with E-state index in [1.54, 1.807) is 18.3 Å². The minimum atomic E-state index is -0.261. The van der Waals surface area contributed by atoms with Crippen molar-refractivity contribution in [3.63, 3.8) is 0 Å². The summed E-state index contributed by atoms with van der Waals surface area (Å²) < 4.78 is 16.3. The first kappa shape index (κ1) is 19.1. The lowest BCUT2D eigenvalue weighted by molar-refractivity contribution is 0.0490. The molecule has 3 heterocycles. The van der Waals surface area contributed by atoms with E-state index < -0.39 is 0 Å². The summed E-state index contributed by atoms with van der Waals surface area (Å²) in [5.41, 5.74) is 1.32. The van der Waals surface area contributed by atoms with Gasteiger partial charge >= 0.3 is 0 Å². The van der Waals surface area contributed by atoms with Crippen LogP contribution in [0.4, 0.5) is 0 Å². The van der Waals surface area contributed by atoms with Gasteiger partial charge in [0.25, 0.3) is 5.91 Å². The molecule has 0 spiro atoms. The Balaban J connectivity index is 1.31. The van der Waals surface area contributed by atoms with E-state index in [1.165, 1.54) is 0 Å². The number of carbonyl (C=O) groups excluding carboxylic acids is 1. The third-order valence-electron chi connectivity index (χ3n) is 4.71. The van der Waals surface area contributed by atoms with Gasteiger partial charge in [0.15, 0.2) is 0 Å². The molecule has 3 aromatic rings. The van der Waals surface area contributed by atoms with Crippen LogP contribution in [0.25, 0.3) is 11.4 Å². The van der Waals surface area contributed by atoms with Gasteiger partial charge in [0.05, 0.1) is 13.2 Å². The molecule has 4 rings (SSSR count). The topological polar surface area (TPSA) is 99.4 Å². The molecule has 1 saturated heterocycles. The maximum Gasteiger partial charge on any atom is 0.251 e. The fourth-order valence-electron chi connectivity index (χ4n) is 3.04. The molecule has 150 valence electrons. The molecule has 8 nitrogen and oxygen atoms in total. The van der Waals surface area contributed by atoms with Crippen molar-refractivity contribution in [2.45, 2.75) is 19.4 Å². The Morgan fingerprint density at radius 1 is 1.17 bits per heavy atom. The highest BCUT2D eigenvalue weighted by Gasteiger charge is 2.16. The molecule has 8 heteroatoms. The number of carbonyl (C=O) groups is 1. The lowest BCUT2D eigenvalue weighted by Gasteiger charge is -2.21. The average molecular weight is 394 g/mol. The van der Waals surface area contributed by atoms with Crippen molar-refractivity contribution in [3.8, 4) is 17.3 Å². The molecule has 1 N–H and O–H groups in total. The van der Waals surface area contributed by atoms with Gasteiger partial charge in [-0.3, -0.25) is 4.79 Å². The van der Waals surface area contributed by atoms with Crippen LogP contribution in [-0.4, -0.2) is 40.9 Å². The van der Waals surface area contributed by atoms with E-state index >= 15 is 0 Å². The molecular weight excluding hydrogens is 372 g/mol. The van der Waals surface area contributed by atoms with Crippen molar-refractivity contribution >= 4 is 5.91 Å². The van der Waals surface area contributed by atoms with Gasteiger partial charge in [0.1, 0.15) is 0 Å². The number of rotatable bonds is 7. The number of nitrogens with zero attached hydrogens (tertiary/aromatic N) is 3. The highest BCUT2D eigenvalue weighted by molar-refractivity contribution is 5.94. The maximum atomic E-state index is 12.5. The number of amides is 1. The molecule has 1 aromatic carbocycles. The standard InChI is InChI=1S/C21H22N4O4/c26-21(23-13-19-24-20(25-29-19)16-4-2-1-3-5-16)17-6-9-22-18(12-17)28-14-15-7-10-27-11-8-15/h1-6,9,12,15H,7-8,10-11,13-14H2,(H,23,26). The van der Waals surface area contributed by atoms with E-state index in [9.17, 15) is 4.79 Å². The molecule has 1 aliphatic rings. The van der Waals surface area contributed by atoms with E-state index in [-0.39, 0.29) is 12.5 Å². The van der Waals surface area contributed by atoms with Crippen LogP contribution in [0.15, 0.2) is 53.2 Å². The number of hydrogen-bond acceptors (Lipinski definition) is 7. The lowest BCUT2D eigenvalue weighted by Crippen LogP contribution is -2.23.